The molecule has 2 fully saturated rings. The summed E-state index contributed by atoms with van der Waals surface area (Å²) in [6.07, 6.45) is 10.8. The van der Waals surface area contributed by atoms with E-state index in [0.29, 0.717) is 26.2 Å². The van der Waals surface area contributed by atoms with Crippen LogP contribution in [0.3, 0.4) is 0 Å². The van der Waals surface area contributed by atoms with E-state index in [4.69, 9.17) is 0 Å². The number of nitrogens with zero attached hydrogens (tertiary/aromatic N) is 3. The third-order valence-corrected chi connectivity index (χ3v) is 10.9. The summed E-state index contributed by atoms with van der Waals surface area (Å²) in [5, 5.41) is 10.3. The predicted octanol–water partition coefficient (Wildman–Crippen LogP) is 3.49. The zero-order chi connectivity index (χ0) is 27.7. The molecule has 0 aliphatic carbocycles. The van der Waals surface area contributed by atoms with Gasteiger partial charge in [-0.15, -0.1) is 11.8 Å². The first kappa shape index (κ1) is 28.0. The Bertz CT molecular complexity index is 1140. The molecule has 1 aromatic carbocycles. The van der Waals surface area contributed by atoms with Gasteiger partial charge in [-0.25, -0.2) is 0 Å². The van der Waals surface area contributed by atoms with Gasteiger partial charge in [0.15, 0.2) is 0 Å². The van der Waals surface area contributed by atoms with Crippen LogP contribution in [-0.2, 0) is 20.9 Å². The van der Waals surface area contributed by atoms with Crippen LogP contribution >= 0.6 is 11.8 Å². The number of carbonyl (C=O) groups is 3. The molecule has 1 N–H and O–H groups in total. The van der Waals surface area contributed by atoms with E-state index in [1.807, 2.05) is 66.1 Å². The molecule has 1 aromatic rings. The highest BCUT2D eigenvalue weighted by Gasteiger charge is 2.71. The molecule has 39 heavy (non-hydrogen) atoms. The highest BCUT2D eigenvalue weighted by atomic mass is 32.2. The lowest BCUT2D eigenvalue weighted by Gasteiger charge is -2.40. The molecule has 5 rings (SSSR count). The minimum atomic E-state index is -0.846. The summed E-state index contributed by atoms with van der Waals surface area (Å²) in [5.41, 5.74) is 1.04. The number of likely N-dealkylation sites (tertiary alicyclic amines) is 1. The number of unbranched alkanes of at least 4 members (excludes halogenated alkanes) is 1. The van der Waals surface area contributed by atoms with Gasteiger partial charge in [0.2, 0.25) is 17.7 Å². The molecule has 210 valence electrons. The van der Waals surface area contributed by atoms with E-state index >= 15 is 0 Å². The van der Waals surface area contributed by atoms with Crippen molar-refractivity contribution in [2.45, 2.75) is 68.7 Å². The number of rotatable bonds is 9. The van der Waals surface area contributed by atoms with Gasteiger partial charge >= 0.3 is 0 Å². The largest absolute Gasteiger partial charge is 0.394 e. The second kappa shape index (κ2) is 11.5. The van der Waals surface area contributed by atoms with E-state index in [9.17, 15) is 19.5 Å². The number of thioether (sulfide) groups is 1. The summed E-state index contributed by atoms with van der Waals surface area (Å²) in [6.45, 7) is 8.06. The summed E-state index contributed by atoms with van der Waals surface area (Å²) in [4.78, 5) is 48.5. The number of hydrogen-bond acceptors (Lipinski definition) is 5. The lowest BCUT2D eigenvalue weighted by molar-refractivity contribution is -0.148. The molecule has 2 saturated heterocycles. The van der Waals surface area contributed by atoms with Gasteiger partial charge in [0.1, 0.15) is 6.04 Å². The van der Waals surface area contributed by atoms with E-state index in [-0.39, 0.29) is 35.5 Å². The van der Waals surface area contributed by atoms with Gasteiger partial charge in [0, 0.05) is 31.4 Å². The summed E-state index contributed by atoms with van der Waals surface area (Å²) >= 11 is 1.61. The van der Waals surface area contributed by atoms with Crippen LogP contribution in [0.5, 0.6) is 0 Å². The van der Waals surface area contributed by atoms with Gasteiger partial charge in [-0.1, -0.05) is 88.2 Å². The highest BCUT2D eigenvalue weighted by molar-refractivity contribution is 8.02. The first-order valence-electron chi connectivity index (χ1n) is 14.4. The third kappa shape index (κ3) is 4.73. The Kier molecular flexibility index (Phi) is 8.24. The Morgan fingerprint density at radius 3 is 2.46 bits per heavy atom. The van der Waals surface area contributed by atoms with Crippen LogP contribution in [0.1, 0.15) is 45.6 Å². The van der Waals surface area contributed by atoms with Gasteiger partial charge in [0.05, 0.1) is 29.2 Å². The van der Waals surface area contributed by atoms with Crippen molar-refractivity contribution in [3.05, 3.63) is 60.2 Å². The van der Waals surface area contributed by atoms with Crippen LogP contribution in [-0.4, -0.2) is 85.8 Å². The average Bonchev–Trinajstić information content (AvgIpc) is 3.27. The number of fused-ring (bicyclic) bond motifs is 2. The molecular formula is C31H41N3O4S. The maximum absolute atomic E-state index is 14.5. The maximum Gasteiger partial charge on any atom is 0.247 e. The lowest BCUT2D eigenvalue weighted by atomic mass is 9.78. The van der Waals surface area contributed by atoms with Crippen molar-refractivity contribution in [2.24, 2.45) is 17.8 Å². The summed E-state index contributed by atoms with van der Waals surface area (Å²) in [5.74, 6) is -1.47. The Morgan fingerprint density at radius 2 is 1.77 bits per heavy atom. The van der Waals surface area contributed by atoms with Crippen molar-refractivity contribution in [2.75, 3.05) is 26.2 Å². The monoisotopic (exact) mass is 551 g/mol. The minimum Gasteiger partial charge on any atom is -0.394 e. The standard InChI is InChI=1S/C31H41N3O4S/c1-4-6-16-32-18-11-15-31-26(29(37)34(27(31)30(32)38)23(20-35)21(3)5-2)25-24(39-31)14-10-17-33(28(25)36)19-22-12-8-7-9-13-22/h7-15,21,23-27,35H,4-6,16-20H2,1-3H3/t21-,23-,24-,25+,26-,27?,31-/m0/s1. The van der Waals surface area contributed by atoms with Crippen molar-refractivity contribution >= 4 is 29.5 Å². The van der Waals surface area contributed by atoms with Gasteiger partial charge in [0.25, 0.3) is 0 Å². The number of aliphatic hydroxyl groups excluding tert-OH is 1. The maximum atomic E-state index is 14.5. The van der Waals surface area contributed by atoms with Crippen molar-refractivity contribution < 1.29 is 19.5 Å². The molecule has 1 unspecified atom stereocenters. The number of hydrogen-bond donors (Lipinski definition) is 1. The van der Waals surface area contributed by atoms with Crippen LogP contribution in [0, 0.1) is 17.8 Å². The molecule has 7 atom stereocenters. The molecule has 8 heteroatoms. The third-order valence-electron chi connectivity index (χ3n) is 9.11. The van der Waals surface area contributed by atoms with E-state index in [2.05, 4.69) is 19.1 Å². The molecule has 0 bridgehead atoms. The number of amides is 3. The summed E-state index contributed by atoms with van der Waals surface area (Å²) < 4.78 is -0.846. The molecule has 4 aliphatic heterocycles. The van der Waals surface area contributed by atoms with Crippen molar-refractivity contribution in [1.82, 2.24) is 14.7 Å². The molecule has 1 spiro atoms. The topological polar surface area (TPSA) is 81.2 Å². The van der Waals surface area contributed by atoms with Crippen molar-refractivity contribution in [3.63, 3.8) is 0 Å². The fourth-order valence-electron chi connectivity index (χ4n) is 6.84. The fourth-order valence-corrected chi connectivity index (χ4v) is 8.84. The zero-order valence-electron chi connectivity index (χ0n) is 23.2. The number of benzene rings is 1. The average molecular weight is 552 g/mol. The zero-order valence-corrected chi connectivity index (χ0v) is 24.1. The van der Waals surface area contributed by atoms with Crippen LogP contribution < -0.4 is 0 Å². The van der Waals surface area contributed by atoms with Crippen LogP contribution in [0.25, 0.3) is 0 Å². The molecule has 0 saturated carbocycles. The van der Waals surface area contributed by atoms with E-state index in [0.717, 1.165) is 24.8 Å². The molecule has 3 amide bonds. The van der Waals surface area contributed by atoms with Crippen LogP contribution in [0.2, 0.25) is 0 Å². The minimum absolute atomic E-state index is 0.0130. The SMILES string of the molecule is CCCCN1CC=C[C@]23S[C@H]4C=CCN(Cc5ccccc5)C(=O)[C@H]4[C@H]2C(=O)N([C@@H](CO)[C@@H](C)CC)C3C1=O. The Morgan fingerprint density at radius 1 is 1.03 bits per heavy atom. The lowest BCUT2D eigenvalue weighted by Crippen LogP contribution is -2.57. The molecule has 0 aromatic heterocycles. The number of aliphatic hydroxyl groups is 1. The quantitative estimate of drug-likeness (QED) is 0.476. The molecule has 0 radical (unpaired) electrons. The second-order valence-electron chi connectivity index (χ2n) is 11.4. The van der Waals surface area contributed by atoms with Crippen LogP contribution in [0.15, 0.2) is 54.6 Å². The summed E-state index contributed by atoms with van der Waals surface area (Å²) in [6, 6.07) is 8.70. The smallest absolute Gasteiger partial charge is 0.247 e. The van der Waals surface area contributed by atoms with Crippen molar-refractivity contribution in [1.29, 1.82) is 0 Å². The van der Waals surface area contributed by atoms with E-state index < -0.39 is 28.7 Å². The van der Waals surface area contributed by atoms with Gasteiger partial charge in [-0.05, 0) is 17.9 Å². The van der Waals surface area contributed by atoms with Gasteiger partial charge in [-0.2, -0.15) is 0 Å². The summed E-state index contributed by atoms with van der Waals surface area (Å²) in [7, 11) is 0. The number of carbonyl (C=O) groups excluding carboxylic acids is 3. The van der Waals surface area contributed by atoms with Crippen LogP contribution in [0.4, 0.5) is 0 Å². The second-order valence-corrected chi connectivity index (χ2v) is 12.9. The van der Waals surface area contributed by atoms with Crippen molar-refractivity contribution in [3.8, 4) is 0 Å². The van der Waals surface area contributed by atoms with E-state index in [1.165, 1.54) is 0 Å². The predicted molar refractivity (Wildman–Crippen MR) is 154 cm³/mol. The Balaban J connectivity index is 1.57. The molecule has 4 aliphatic rings. The molecular weight excluding hydrogens is 510 g/mol. The molecule has 7 nitrogen and oxygen atoms in total. The fraction of sp³-hybridized carbons (Fsp3) is 0.581. The highest BCUT2D eigenvalue weighted by Crippen LogP contribution is 2.61. The van der Waals surface area contributed by atoms with E-state index in [1.54, 1.807) is 16.7 Å². The Hall–Kier alpha value is -2.58. The first-order chi connectivity index (χ1) is 18.9. The molecule has 4 heterocycles. The Labute approximate surface area is 236 Å². The normalized spacial score (nSPS) is 31.6. The first-order valence-corrected chi connectivity index (χ1v) is 15.3. The van der Waals surface area contributed by atoms with Gasteiger partial charge < -0.3 is 19.8 Å². The van der Waals surface area contributed by atoms with Gasteiger partial charge in [-0.3, -0.25) is 14.4 Å².